The highest BCUT2D eigenvalue weighted by molar-refractivity contribution is 9.10. The first-order chi connectivity index (χ1) is 9.93. The molecular formula is C17H17BrFNO. The van der Waals surface area contributed by atoms with Gasteiger partial charge in [-0.05, 0) is 65.2 Å². The Morgan fingerprint density at radius 2 is 2.05 bits per heavy atom. The minimum atomic E-state index is -0.246. The second kappa shape index (κ2) is 5.34. The monoisotopic (exact) mass is 349 g/mol. The van der Waals surface area contributed by atoms with Gasteiger partial charge in [0.1, 0.15) is 17.2 Å². The lowest BCUT2D eigenvalue weighted by Gasteiger charge is -2.16. The van der Waals surface area contributed by atoms with Crippen LogP contribution >= 0.6 is 15.9 Å². The van der Waals surface area contributed by atoms with E-state index in [1.807, 2.05) is 12.1 Å². The number of halogens is 2. The molecule has 2 aromatic rings. The first-order valence-electron chi connectivity index (χ1n) is 6.93. The summed E-state index contributed by atoms with van der Waals surface area (Å²) in [6.07, 6.45) is 0.917. The normalized spacial score (nSPS) is 15.4. The molecule has 0 aromatic heterocycles. The van der Waals surface area contributed by atoms with Gasteiger partial charge < -0.3 is 10.1 Å². The number of ether oxygens (including phenoxy) is 1. The van der Waals surface area contributed by atoms with Crippen LogP contribution in [0.4, 0.5) is 10.1 Å². The summed E-state index contributed by atoms with van der Waals surface area (Å²) in [6.45, 7) is 4.83. The lowest BCUT2D eigenvalue weighted by atomic mass is 10.0. The highest BCUT2D eigenvalue weighted by Crippen LogP contribution is 2.35. The molecule has 0 unspecified atom stereocenters. The Morgan fingerprint density at radius 1 is 1.24 bits per heavy atom. The maximum Gasteiger partial charge on any atom is 0.125 e. The molecular weight excluding hydrogens is 333 g/mol. The lowest BCUT2D eigenvalue weighted by Crippen LogP contribution is -2.24. The Hall–Kier alpha value is -1.55. The number of nitrogens with one attached hydrogen (secondary N) is 1. The molecule has 1 aliphatic heterocycles. The largest absolute Gasteiger partial charge is 0.487 e. The van der Waals surface area contributed by atoms with Crippen molar-refractivity contribution in [3.63, 3.8) is 0 Å². The molecule has 3 rings (SSSR count). The summed E-state index contributed by atoms with van der Waals surface area (Å²) >= 11 is 3.42. The Labute approximate surface area is 132 Å². The molecule has 0 amide bonds. The number of benzene rings is 2. The van der Waals surface area contributed by atoms with E-state index in [1.165, 1.54) is 17.7 Å². The van der Waals surface area contributed by atoms with Crippen LogP contribution in [0, 0.1) is 5.82 Å². The number of hydrogen-bond acceptors (Lipinski definition) is 2. The molecule has 0 atom stereocenters. The summed E-state index contributed by atoms with van der Waals surface area (Å²) in [5.74, 6) is 0.723. The van der Waals surface area contributed by atoms with Gasteiger partial charge in [0.2, 0.25) is 0 Å². The molecule has 110 valence electrons. The highest BCUT2D eigenvalue weighted by atomic mass is 79.9. The summed E-state index contributed by atoms with van der Waals surface area (Å²) in [4.78, 5) is 0. The summed E-state index contributed by atoms with van der Waals surface area (Å²) in [5.41, 5.74) is 3.02. The van der Waals surface area contributed by atoms with Gasteiger partial charge in [-0.25, -0.2) is 4.39 Å². The molecule has 1 aliphatic rings. The van der Waals surface area contributed by atoms with E-state index in [-0.39, 0.29) is 11.4 Å². The maximum atomic E-state index is 13.3. The fourth-order valence-electron chi connectivity index (χ4n) is 2.60. The van der Waals surface area contributed by atoms with Crippen LogP contribution in [0.1, 0.15) is 25.0 Å². The number of fused-ring (bicyclic) bond motifs is 1. The SMILES string of the molecule is CC1(C)Cc2cc(CNc3cc(F)ccc3Br)ccc2O1. The molecule has 0 spiro atoms. The molecule has 2 aromatic carbocycles. The molecule has 0 saturated heterocycles. The van der Waals surface area contributed by atoms with Gasteiger partial charge in [-0.1, -0.05) is 12.1 Å². The summed E-state index contributed by atoms with van der Waals surface area (Å²) in [5, 5.41) is 3.25. The fourth-order valence-corrected chi connectivity index (χ4v) is 2.99. The average molecular weight is 350 g/mol. The van der Waals surface area contributed by atoms with E-state index < -0.39 is 0 Å². The molecule has 0 aliphatic carbocycles. The molecule has 21 heavy (non-hydrogen) atoms. The Kier molecular flexibility index (Phi) is 3.66. The molecule has 0 radical (unpaired) electrons. The minimum absolute atomic E-state index is 0.125. The van der Waals surface area contributed by atoms with Crippen LogP contribution in [0.5, 0.6) is 5.75 Å². The molecule has 2 nitrogen and oxygen atoms in total. The zero-order valence-corrected chi connectivity index (χ0v) is 13.6. The van der Waals surface area contributed by atoms with Gasteiger partial charge in [-0.2, -0.15) is 0 Å². The standard InChI is InChI=1S/C17H17BrFNO/c1-17(2)9-12-7-11(3-6-16(12)21-17)10-20-15-8-13(19)4-5-14(15)18/h3-8,20H,9-10H2,1-2H3. The molecule has 4 heteroatoms. The molecule has 1 N–H and O–H groups in total. The number of hydrogen-bond donors (Lipinski definition) is 1. The van der Waals surface area contributed by atoms with E-state index in [4.69, 9.17) is 4.74 Å². The topological polar surface area (TPSA) is 21.3 Å². The summed E-state index contributed by atoms with van der Waals surface area (Å²) in [7, 11) is 0. The predicted molar refractivity (Wildman–Crippen MR) is 86.3 cm³/mol. The lowest BCUT2D eigenvalue weighted by molar-refractivity contribution is 0.138. The van der Waals surface area contributed by atoms with Crippen molar-refractivity contribution in [3.8, 4) is 5.75 Å². The Morgan fingerprint density at radius 3 is 2.86 bits per heavy atom. The third-order valence-corrected chi connectivity index (χ3v) is 4.23. The van der Waals surface area contributed by atoms with Crippen molar-refractivity contribution < 1.29 is 9.13 Å². The second-order valence-corrected chi connectivity index (χ2v) is 6.81. The molecule has 0 fully saturated rings. The predicted octanol–water partition coefficient (Wildman–Crippen LogP) is 4.91. The van der Waals surface area contributed by atoms with E-state index in [0.29, 0.717) is 6.54 Å². The van der Waals surface area contributed by atoms with Gasteiger partial charge in [0.15, 0.2) is 0 Å². The van der Waals surface area contributed by atoms with Crippen LogP contribution < -0.4 is 10.1 Å². The van der Waals surface area contributed by atoms with Crippen molar-refractivity contribution in [3.05, 3.63) is 57.8 Å². The second-order valence-electron chi connectivity index (χ2n) is 5.96. The van der Waals surface area contributed by atoms with E-state index in [0.717, 1.165) is 27.9 Å². The van der Waals surface area contributed by atoms with Crippen molar-refractivity contribution in [1.82, 2.24) is 0 Å². The minimum Gasteiger partial charge on any atom is -0.487 e. The third-order valence-electron chi connectivity index (χ3n) is 3.54. The van der Waals surface area contributed by atoms with E-state index in [2.05, 4.69) is 41.2 Å². The van der Waals surface area contributed by atoms with Gasteiger partial charge >= 0.3 is 0 Å². The smallest absolute Gasteiger partial charge is 0.125 e. The molecule has 1 heterocycles. The van der Waals surface area contributed by atoms with Crippen molar-refractivity contribution in [2.75, 3.05) is 5.32 Å². The van der Waals surface area contributed by atoms with Gasteiger partial charge in [-0.3, -0.25) is 0 Å². The van der Waals surface area contributed by atoms with Crippen molar-refractivity contribution in [2.24, 2.45) is 0 Å². The van der Waals surface area contributed by atoms with Crippen molar-refractivity contribution in [1.29, 1.82) is 0 Å². The van der Waals surface area contributed by atoms with Crippen LogP contribution in [-0.2, 0) is 13.0 Å². The first-order valence-corrected chi connectivity index (χ1v) is 7.72. The summed E-state index contributed by atoms with van der Waals surface area (Å²) in [6, 6.07) is 10.8. The van der Waals surface area contributed by atoms with E-state index in [1.54, 1.807) is 6.07 Å². The van der Waals surface area contributed by atoms with Crippen molar-refractivity contribution in [2.45, 2.75) is 32.4 Å². The molecule has 0 saturated carbocycles. The Bertz CT molecular complexity index is 684. The summed E-state index contributed by atoms with van der Waals surface area (Å²) < 4.78 is 20.0. The van der Waals surface area contributed by atoms with Crippen LogP contribution in [-0.4, -0.2) is 5.60 Å². The third kappa shape index (κ3) is 3.21. The van der Waals surface area contributed by atoms with Gasteiger partial charge in [0.05, 0.1) is 5.69 Å². The van der Waals surface area contributed by atoms with Gasteiger partial charge in [-0.15, -0.1) is 0 Å². The highest BCUT2D eigenvalue weighted by Gasteiger charge is 2.29. The maximum absolute atomic E-state index is 13.3. The quantitative estimate of drug-likeness (QED) is 0.849. The van der Waals surface area contributed by atoms with Crippen molar-refractivity contribution >= 4 is 21.6 Å². The van der Waals surface area contributed by atoms with Crippen LogP contribution in [0.2, 0.25) is 0 Å². The zero-order valence-electron chi connectivity index (χ0n) is 12.0. The fraction of sp³-hybridized carbons (Fsp3) is 0.294. The van der Waals surface area contributed by atoms with E-state index in [9.17, 15) is 4.39 Å². The number of rotatable bonds is 3. The Balaban J connectivity index is 1.74. The molecule has 0 bridgehead atoms. The van der Waals surface area contributed by atoms with Gasteiger partial charge in [0, 0.05) is 17.4 Å². The average Bonchev–Trinajstić information content (AvgIpc) is 2.72. The first kappa shape index (κ1) is 14.4. The number of anilines is 1. The van der Waals surface area contributed by atoms with Gasteiger partial charge in [0.25, 0.3) is 0 Å². The van der Waals surface area contributed by atoms with Crippen LogP contribution in [0.3, 0.4) is 0 Å². The van der Waals surface area contributed by atoms with E-state index >= 15 is 0 Å². The van der Waals surface area contributed by atoms with Crippen LogP contribution in [0.15, 0.2) is 40.9 Å². The zero-order chi connectivity index (χ0) is 15.0. The van der Waals surface area contributed by atoms with Crippen LogP contribution in [0.25, 0.3) is 0 Å².